The number of nitrogens with zero attached hydrogens (tertiary/aromatic N) is 1. The van der Waals surface area contributed by atoms with Crippen molar-refractivity contribution < 1.29 is 4.79 Å². The van der Waals surface area contributed by atoms with E-state index in [1.54, 1.807) is 0 Å². The molecule has 0 fully saturated rings. The van der Waals surface area contributed by atoms with Gasteiger partial charge in [-0.2, -0.15) is 0 Å². The molecule has 3 N–H and O–H groups in total. The summed E-state index contributed by atoms with van der Waals surface area (Å²) in [5, 5.41) is 3.05. The molecule has 0 aliphatic carbocycles. The molecule has 0 aliphatic heterocycles. The normalized spacial score (nSPS) is 10.8. The van der Waals surface area contributed by atoms with Crippen LogP contribution in [0.25, 0.3) is 0 Å². The summed E-state index contributed by atoms with van der Waals surface area (Å²) in [6, 6.07) is 8.39. The first kappa shape index (κ1) is 25.4. The average Bonchev–Trinajstić information content (AvgIpc) is 2.55. The Morgan fingerprint density at radius 3 is 2.25 bits per heavy atom. The Bertz CT molecular complexity index is 471. The number of hydrogen-bond acceptors (Lipinski definition) is 3. The molecule has 1 amide bonds. The van der Waals surface area contributed by atoms with Crippen LogP contribution in [-0.2, 0) is 17.9 Å². The van der Waals surface area contributed by atoms with Crippen molar-refractivity contribution in [1.29, 1.82) is 0 Å². The molecule has 0 aliphatic rings. The number of halogens is 2. The maximum absolute atomic E-state index is 12.4. The Morgan fingerprint density at radius 2 is 1.75 bits per heavy atom. The zero-order valence-corrected chi connectivity index (χ0v) is 16.9. The smallest absolute Gasteiger partial charge is 0.227 e. The van der Waals surface area contributed by atoms with E-state index < -0.39 is 5.41 Å². The van der Waals surface area contributed by atoms with Crippen LogP contribution in [0.4, 0.5) is 0 Å². The Hall–Kier alpha value is -0.810. The first-order valence-electron chi connectivity index (χ1n) is 8.26. The number of rotatable bonds is 9. The van der Waals surface area contributed by atoms with Crippen molar-refractivity contribution in [2.24, 2.45) is 11.1 Å². The van der Waals surface area contributed by atoms with Crippen LogP contribution < -0.4 is 11.1 Å². The van der Waals surface area contributed by atoms with Gasteiger partial charge in [0.05, 0.1) is 5.41 Å². The van der Waals surface area contributed by atoms with Gasteiger partial charge in [-0.15, -0.1) is 24.8 Å². The second-order valence-corrected chi connectivity index (χ2v) is 6.02. The average molecular weight is 378 g/mol. The van der Waals surface area contributed by atoms with Crippen molar-refractivity contribution in [3.63, 3.8) is 0 Å². The van der Waals surface area contributed by atoms with E-state index >= 15 is 0 Å². The van der Waals surface area contributed by atoms with Crippen molar-refractivity contribution in [1.82, 2.24) is 10.2 Å². The van der Waals surface area contributed by atoms with Gasteiger partial charge in [0.1, 0.15) is 0 Å². The highest BCUT2D eigenvalue weighted by Gasteiger charge is 2.32. The summed E-state index contributed by atoms with van der Waals surface area (Å²) in [7, 11) is 2.10. The third kappa shape index (κ3) is 6.98. The second kappa shape index (κ2) is 12.5. The summed E-state index contributed by atoms with van der Waals surface area (Å²) in [5.74, 6) is 0.0658. The van der Waals surface area contributed by atoms with E-state index in [1.807, 2.05) is 13.8 Å². The van der Waals surface area contributed by atoms with E-state index in [0.29, 0.717) is 13.1 Å². The Kier molecular flexibility index (Phi) is 13.3. The predicted molar refractivity (Wildman–Crippen MR) is 107 cm³/mol. The Morgan fingerprint density at radius 1 is 1.17 bits per heavy atom. The molecule has 4 nitrogen and oxygen atoms in total. The topological polar surface area (TPSA) is 58.4 Å². The molecule has 0 saturated carbocycles. The molecular formula is C18H33Cl2N3O. The first-order chi connectivity index (χ1) is 10.5. The van der Waals surface area contributed by atoms with Crippen LogP contribution in [0.15, 0.2) is 24.3 Å². The van der Waals surface area contributed by atoms with Gasteiger partial charge in [0.25, 0.3) is 0 Å². The third-order valence-corrected chi connectivity index (χ3v) is 4.66. The highest BCUT2D eigenvalue weighted by Crippen LogP contribution is 2.25. The van der Waals surface area contributed by atoms with Crippen molar-refractivity contribution in [2.45, 2.75) is 46.7 Å². The molecule has 0 radical (unpaired) electrons. The summed E-state index contributed by atoms with van der Waals surface area (Å²) in [4.78, 5) is 14.7. The first-order valence-corrected chi connectivity index (χ1v) is 8.26. The van der Waals surface area contributed by atoms with Gasteiger partial charge in [-0.3, -0.25) is 4.79 Å². The molecule has 140 valence electrons. The van der Waals surface area contributed by atoms with Crippen LogP contribution in [0.3, 0.4) is 0 Å². The van der Waals surface area contributed by atoms with E-state index in [1.165, 1.54) is 5.56 Å². The zero-order valence-electron chi connectivity index (χ0n) is 15.3. The summed E-state index contributed by atoms with van der Waals surface area (Å²) < 4.78 is 0. The number of carbonyl (C=O) groups is 1. The quantitative estimate of drug-likeness (QED) is 0.693. The summed E-state index contributed by atoms with van der Waals surface area (Å²) in [5.41, 5.74) is 7.80. The Labute approximate surface area is 159 Å². The monoisotopic (exact) mass is 377 g/mol. The molecule has 0 atom stereocenters. The largest absolute Gasteiger partial charge is 0.352 e. The van der Waals surface area contributed by atoms with Gasteiger partial charge in [0.15, 0.2) is 0 Å². The van der Waals surface area contributed by atoms with Crippen molar-refractivity contribution in [2.75, 3.05) is 20.1 Å². The summed E-state index contributed by atoms with van der Waals surface area (Å²) >= 11 is 0. The lowest BCUT2D eigenvalue weighted by atomic mass is 9.81. The van der Waals surface area contributed by atoms with Crippen LogP contribution in [0.2, 0.25) is 0 Å². The van der Waals surface area contributed by atoms with Gasteiger partial charge < -0.3 is 16.0 Å². The van der Waals surface area contributed by atoms with E-state index in [0.717, 1.165) is 31.5 Å². The number of carbonyl (C=O) groups excluding carboxylic acids is 1. The fraction of sp³-hybridized carbons (Fsp3) is 0.611. The fourth-order valence-corrected chi connectivity index (χ4v) is 2.58. The lowest BCUT2D eigenvalue weighted by Gasteiger charge is -2.28. The van der Waals surface area contributed by atoms with Crippen LogP contribution >= 0.6 is 24.8 Å². The van der Waals surface area contributed by atoms with Gasteiger partial charge in [-0.25, -0.2) is 0 Å². The lowest BCUT2D eigenvalue weighted by Crippen LogP contribution is -2.45. The number of nitrogens with two attached hydrogens (primary N) is 1. The molecule has 0 aromatic heterocycles. The molecule has 0 heterocycles. The molecule has 1 aromatic carbocycles. The van der Waals surface area contributed by atoms with E-state index in [-0.39, 0.29) is 30.7 Å². The molecular weight excluding hydrogens is 345 g/mol. The van der Waals surface area contributed by atoms with Gasteiger partial charge in [-0.05, 0) is 37.6 Å². The molecule has 0 spiro atoms. The highest BCUT2D eigenvalue weighted by molar-refractivity contribution is 5.85. The minimum Gasteiger partial charge on any atom is -0.352 e. The maximum atomic E-state index is 12.4. The number of amides is 1. The standard InChI is InChI=1S/C18H31N3O.2ClH/c1-5-18(6-2,14-19)17(22)20-12-15-9-8-10-16(11-15)13-21(4)7-3;;/h8-11H,5-7,12-14,19H2,1-4H3,(H,20,22);2*1H. The minimum absolute atomic E-state index is 0. The zero-order chi connectivity index (χ0) is 16.6. The lowest BCUT2D eigenvalue weighted by molar-refractivity contribution is -0.131. The molecule has 0 unspecified atom stereocenters. The molecule has 0 bridgehead atoms. The van der Waals surface area contributed by atoms with Crippen LogP contribution in [-0.4, -0.2) is 30.9 Å². The van der Waals surface area contributed by atoms with Crippen LogP contribution in [0.5, 0.6) is 0 Å². The van der Waals surface area contributed by atoms with E-state index in [2.05, 4.69) is 48.5 Å². The molecule has 6 heteroatoms. The van der Waals surface area contributed by atoms with Crippen LogP contribution in [0, 0.1) is 5.41 Å². The van der Waals surface area contributed by atoms with Gasteiger partial charge in [-0.1, -0.05) is 45.0 Å². The van der Waals surface area contributed by atoms with Gasteiger partial charge in [0.2, 0.25) is 5.91 Å². The number of nitrogens with one attached hydrogen (secondary N) is 1. The Balaban J connectivity index is 0. The van der Waals surface area contributed by atoms with E-state index in [4.69, 9.17) is 5.73 Å². The minimum atomic E-state index is -0.431. The fourth-order valence-electron chi connectivity index (χ4n) is 2.58. The summed E-state index contributed by atoms with van der Waals surface area (Å²) in [6.07, 6.45) is 1.54. The van der Waals surface area contributed by atoms with E-state index in [9.17, 15) is 4.79 Å². The second-order valence-electron chi connectivity index (χ2n) is 6.02. The van der Waals surface area contributed by atoms with Crippen molar-refractivity contribution in [3.8, 4) is 0 Å². The number of hydrogen-bond donors (Lipinski definition) is 2. The van der Waals surface area contributed by atoms with Crippen LogP contribution in [0.1, 0.15) is 44.7 Å². The summed E-state index contributed by atoms with van der Waals surface area (Å²) in [6.45, 7) is 9.10. The van der Waals surface area contributed by atoms with Gasteiger partial charge >= 0.3 is 0 Å². The third-order valence-electron chi connectivity index (χ3n) is 4.66. The molecule has 1 rings (SSSR count). The van der Waals surface area contributed by atoms with Gasteiger partial charge in [0, 0.05) is 19.6 Å². The maximum Gasteiger partial charge on any atom is 0.227 e. The number of benzene rings is 1. The molecule has 0 saturated heterocycles. The highest BCUT2D eigenvalue weighted by atomic mass is 35.5. The van der Waals surface area contributed by atoms with Crippen molar-refractivity contribution >= 4 is 30.7 Å². The molecule has 1 aromatic rings. The molecule has 24 heavy (non-hydrogen) atoms. The van der Waals surface area contributed by atoms with Crippen molar-refractivity contribution in [3.05, 3.63) is 35.4 Å². The predicted octanol–water partition coefficient (Wildman–Crippen LogP) is 3.36. The SMILES string of the molecule is CCN(C)Cc1cccc(CNC(=O)C(CC)(CC)CN)c1.Cl.Cl.